The van der Waals surface area contributed by atoms with Gasteiger partial charge < -0.3 is 10.2 Å². The van der Waals surface area contributed by atoms with Crippen LogP contribution in [0.15, 0.2) is 23.2 Å². The Bertz CT molecular complexity index is 494. The van der Waals surface area contributed by atoms with Gasteiger partial charge in [0.05, 0.1) is 18.8 Å². The number of pyridine rings is 1. The summed E-state index contributed by atoms with van der Waals surface area (Å²) in [5, 5.41) is 18.3. The second-order valence-corrected chi connectivity index (χ2v) is 5.86. The van der Waals surface area contributed by atoms with Crippen molar-refractivity contribution in [3.05, 3.63) is 23.5 Å². The highest BCUT2D eigenvalue weighted by Crippen LogP contribution is 2.20. The standard InChI is InChI=1S/C10H15ClN2O4S/c1-2-10(6-14,7-15)13-18(16,17)8-4-3-5-12-9(8)11/h3-5,13-15H,2,6-7H2,1H3. The van der Waals surface area contributed by atoms with Crippen molar-refractivity contribution in [1.29, 1.82) is 0 Å². The van der Waals surface area contributed by atoms with E-state index in [9.17, 15) is 18.6 Å². The largest absolute Gasteiger partial charge is 0.394 e. The number of nitrogens with zero attached hydrogens (tertiary/aromatic N) is 1. The van der Waals surface area contributed by atoms with Gasteiger partial charge in [-0.2, -0.15) is 0 Å². The summed E-state index contributed by atoms with van der Waals surface area (Å²) in [7, 11) is -3.95. The van der Waals surface area contributed by atoms with Crippen molar-refractivity contribution in [2.45, 2.75) is 23.8 Å². The minimum atomic E-state index is -3.95. The third-order valence-corrected chi connectivity index (χ3v) is 4.67. The number of aromatic nitrogens is 1. The molecule has 1 aromatic rings. The summed E-state index contributed by atoms with van der Waals surface area (Å²) >= 11 is 5.71. The number of nitrogens with one attached hydrogen (secondary N) is 1. The van der Waals surface area contributed by atoms with Crippen LogP contribution in [0.1, 0.15) is 13.3 Å². The van der Waals surface area contributed by atoms with Crippen LogP contribution in [0.2, 0.25) is 5.15 Å². The molecule has 0 spiro atoms. The van der Waals surface area contributed by atoms with E-state index >= 15 is 0 Å². The van der Waals surface area contributed by atoms with Crippen molar-refractivity contribution in [2.75, 3.05) is 13.2 Å². The van der Waals surface area contributed by atoms with Gasteiger partial charge in [0, 0.05) is 6.20 Å². The summed E-state index contributed by atoms with van der Waals surface area (Å²) in [6.07, 6.45) is 1.60. The molecule has 1 aromatic heterocycles. The molecule has 0 aromatic carbocycles. The van der Waals surface area contributed by atoms with E-state index in [1.807, 2.05) is 0 Å². The van der Waals surface area contributed by atoms with E-state index < -0.39 is 28.8 Å². The highest BCUT2D eigenvalue weighted by atomic mass is 35.5. The van der Waals surface area contributed by atoms with Gasteiger partial charge in [-0.3, -0.25) is 0 Å². The van der Waals surface area contributed by atoms with Gasteiger partial charge in [0.15, 0.2) is 0 Å². The van der Waals surface area contributed by atoms with E-state index in [-0.39, 0.29) is 16.5 Å². The number of halogens is 1. The maximum atomic E-state index is 12.1. The van der Waals surface area contributed by atoms with Crippen molar-refractivity contribution in [1.82, 2.24) is 9.71 Å². The molecule has 0 saturated heterocycles. The first kappa shape index (κ1) is 15.3. The number of hydrogen-bond acceptors (Lipinski definition) is 5. The molecular formula is C10H15ClN2O4S. The Balaban J connectivity index is 3.13. The zero-order valence-electron chi connectivity index (χ0n) is 9.80. The predicted molar refractivity (Wildman–Crippen MR) is 66.8 cm³/mol. The van der Waals surface area contributed by atoms with Gasteiger partial charge in [-0.25, -0.2) is 18.1 Å². The summed E-state index contributed by atoms with van der Waals surface area (Å²) in [6.45, 7) is 0.619. The normalized spacial score (nSPS) is 12.7. The summed E-state index contributed by atoms with van der Waals surface area (Å²) in [5.41, 5.74) is -1.31. The topological polar surface area (TPSA) is 99.5 Å². The van der Waals surface area contributed by atoms with Crippen LogP contribution in [0.4, 0.5) is 0 Å². The number of rotatable bonds is 6. The fraction of sp³-hybridized carbons (Fsp3) is 0.500. The molecule has 102 valence electrons. The number of sulfonamides is 1. The van der Waals surface area contributed by atoms with Crippen LogP contribution in [-0.4, -0.2) is 42.4 Å². The Hall–Kier alpha value is -0.730. The molecular weight excluding hydrogens is 280 g/mol. The summed E-state index contributed by atoms with van der Waals surface area (Å²) in [4.78, 5) is 3.49. The van der Waals surface area contributed by atoms with Crippen molar-refractivity contribution < 1.29 is 18.6 Å². The first-order valence-corrected chi connectivity index (χ1v) is 7.13. The van der Waals surface area contributed by atoms with E-state index in [0.717, 1.165) is 0 Å². The SMILES string of the molecule is CCC(CO)(CO)NS(=O)(=O)c1cccnc1Cl. The molecule has 0 radical (unpaired) electrons. The smallest absolute Gasteiger partial charge is 0.244 e. The Morgan fingerprint density at radius 1 is 1.44 bits per heavy atom. The molecule has 6 nitrogen and oxygen atoms in total. The molecule has 0 aliphatic rings. The Morgan fingerprint density at radius 2 is 2.06 bits per heavy atom. The number of aliphatic hydroxyl groups is 2. The molecule has 0 aliphatic carbocycles. The van der Waals surface area contributed by atoms with E-state index in [2.05, 4.69) is 9.71 Å². The molecule has 0 fully saturated rings. The van der Waals surface area contributed by atoms with Crippen molar-refractivity contribution >= 4 is 21.6 Å². The average Bonchev–Trinajstić information content (AvgIpc) is 2.36. The highest BCUT2D eigenvalue weighted by Gasteiger charge is 2.33. The molecule has 1 rings (SSSR count). The Morgan fingerprint density at radius 3 is 2.50 bits per heavy atom. The number of hydrogen-bond donors (Lipinski definition) is 3. The van der Waals surface area contributed by atoms with Crippen LogP contribution < -0.4 is 4.72 Å². The van der Waals surface area contributed by atoms with Crippen molar-refractivity contribution in [3.8, 4) is 0 Å². The lowest BCUT2D eigenvalue weighted by molar-refractivity contribution is 0.105. The van der Waals surface area contributed by atoms with Crippen LogP contribution in [0.3, 0.4) is 0 Å². The van der Waals surface area contributed by atoms with Gasteiger partial charge in [0.2, 0.25) is 10.0 Å². The summed E-state index contributed by atoms with van der Waals surface area (Å²) < 4.78 is 26.4. The van der Waals surface area contributed by atoms with Crippen LogP contribution in [0, 0.1) is 0 Å². The minimum Gasteiger partial charge on any atom is -0.394 e. The van der Waals surface area contributed by atoms with Gasteiger partial charge in [0.25, 0.3) is 0 Å². The summed E-state index contributed by atoms with van der Waals surface area (Å²) in [6, 6.07) is 2.73. The first-order chi connectivity index (χ1) is 8.40. The van der Waals surface area contributed by atoms with Gasteiger partial charge in [0.1, 0.15) is 10.0 Å². The van der Waals surface area contributed by atoms with Crippen molar-refractivity contribution in [2.24, 2.45) is 0 Å². The monoisotopic (exact) mass is 294 g/mol. The lowest BCUT2D eigenvalue weighted by Gasteiger charge is -2.29. The Kier molecular flexibility index (Phi) is 5.06. The van der Waals surface area contributed by atoms with Crippen LogP contribution in [-0.2, 0) is 10.0 Å². The number of aliphatic hydroxyl groups excluding tert-OH is 2. The molecule has 3 N–H and O–H groups in total. The van der Waals surface area contributed by atoms with Gasteiger partial charge in [-0.1, -0.05) is 18.5 Å². The molecule has 0 atom stereocenters. The van der Waals surface area contributed by atoms with Crippen LogP contribution in [0.25, 0.3) is 0 Å². The fourth-order valence-corrected chi connectivity index (χ4v) is 3.23. The van der Waals surface area contributed by atoms with Gasteiger partial charge >= 0.3 is 0 Å². The first-order valence-electron chi connectivity index (χ1n) is 5.27. The Labute approximate surface area is 111 Å². The van der Waals surface area contributed by atoms with E-state index in [1.54, 1.807) is 6.92 Å². The van der Waals surface area contributed by atoms with Crippen LogP contribution >= 0.6 is 11.6 Å². The lowest BCUT2D eigenvalue weighted by Crippen LogP contribution is -2.53. The zero-order chi connectivity index (χ0) is 13.8. The van der Waals surface area contributed by atoms with E-state index in [4.69, 9.17) is 11.6 Å². The fourth-order valence-electron chi connectivity index (χ4n) is 1.32. The maximum absolute atomic E-state index is 12.1. The minimum absolute atomic E-state index is 0.161. The predicted octanol–water partition coefficient (Wildman–Crippen LogP) is 0.147. The molecule has 8 heteroatoms. The van der Waals surface area contributed by atoms with Gasteiger partial charge in [-0.05, 0) is 18.6 Å². The van der Waals surface area contributed by atoms with Gasteiger partial charge in [-0.15, -0.1) is 0 Å². The highest BCUT2D eigenvalue weighted by molar-refractivity contribution is 7.89. The molecule has 1 heterocycles. The second-order valence-electron chi connectivity index (χ2n) is 3.85. The molecule has 0 aliphatic heterocycles. The molecule has 0 bridgehead atoms. The van der Waals surface area contributed by atoms with E-state index in [1.165, 1.54) is 18.3 Å². The third kappa shape index (κ3) is 3.18. The van der Waals surface area contributed by atoms with Crippen molar-refractivity contribution in [3.63, 3.8) is 0 Å². The molecule has 0 saturated carbocycles. The lowest BCUT2D eigenvalue weighted by atomic mass is 10.0. The average molecular weight is 295 g/mol. The van der Waals surface area contributed by atoms with Crippen LogP contribution in [0.5, 0.6) is 0 Å². The quantitative estimate of drug-likeness (QED) is 0.649. The van der Waals surface area contributed by atoms with E-state index in [0.29, 0.717) is 0 Å². The maximum Gasteiger partial charge on any atom is 0.244 e. The molecule has 0 amide bonds. The summed E-state index contributed by atoms with van der Waals surface area (Å²) in [5.74, 6) is 0. The zero-order valence-corrected chi connectivity index (χ0v) is 11.4. The molecule has 18 heavy (non-hydrogen) atoms. The second kappa shape index (κ2) is 5.94. The third-order valence-electron chi connectivity index (χ3n) is 2.65. The molecule has 0 unspecified atom stereocenters.